The number of fused-ring (bicyclic) bond motifs is 1. The minimum absolute atomic E-state index is 0.388. The molecule has 0 aliphatic carbocycles. The van der Waals surface area contributed by atoms with Gasteiger partial charge >= 0.3 is 0 Å². The Bertz CT molecular complexity index is 1230. The molecule has 1 amide bonds. The molecular weight excluding hydrogens is 446 g/mol. The van der Waals surface area contributed by atoms with Crippen molar-refractivity contribution in [2.75, 3.05) is 57.9 Å². The summed E-state index contributed by atoms with van der Waals surface area (Å²) in [6.07, 6.45) is 11.0. The van der Waals surface area contributed by atoms with Crippen LogP contribution in [0.2, 0.25) is 0 Å². The zero-order chi connectivity index (χ0) is 24.5. The lowest BCUT2D eigenvalue weighted by atomic mass is 10.1. The van der Waals surface area contributed by atoms with Crippen LogP contribution in [0.25, 0.3) is 16.6 Å². The largest absolute Gasteiger partial charge is 0.492 e. The molecule has 0 unspecified atom stereocenters. The van der Waals surface area contributed by atoms with Gasteiger partial charge in [-0.1, -0.05) is 0 Å². The quantitative estimate of drug-likeness (QED) is 0.336. The molecule has 10 heteroatoms. The molecule has 2 N–H and O–H groups in total. The van der Waals surface area contributed by atoms with Crippen LogP contribution in [0, 0.1) is 23.7 Å². The molecule has 1 aliphatic rings. The SMILES string of the molecule is C#CC(=O)NCCNc1ccc(-c2cc(OCCCN3CCOCC3)cn3ncc(C#N)c23)cn1. The topological polar surface area (TPSA) is 117 Å². The van der Waals surface area contributed by atoms with Crippen LogP contribution in [0.4, 0.5) is 5.82 Å². The lowest BCUT2D eigenvalue weighted by molar-refractivity contribution is -0.115. The van der Waals surface area contributed by atoms with E-state index < -0.39 is 5.91 Å². The summed E-state index contributed by atoms with van der Waals surface area (Å²) < 4.78 is 13.1. The van der Waals surface area contributed by atoms with Crippen molar-refractivity contribution in [2.45, 2.75) is 6.42 Å². The average Bonchev–Trinajstić information content (AvgIpc) is 3.32. The monoisotopic (exact) mass is 473 g/mol. The predicted octanol–water partition coefficient (Wildman–Crippen LogP) is 1.53. The molecule has 10 nitrogen and oxygen atoms in total. The number of nitrogens with one attached hydrogen (secondary N) is 2. The van der Waals surface area contributed by atoms with E-state index in [0.717, 1.165) is 50.4 Å². The van der Waals surface area contributed by atoms with E-state index in [1.807, 2.05) is 24.1 Å². The number of hydrogen-bond acceptors (Lipinski definition) is 8. The number of aromatic nitrogens is 3. The van der Waals surface area contributed by atoms with Gasteiger partial charge in [0.1, 0.15) is 17.6 Å². The number of nitrogens with zero attached hydrogens (tertiary/aromatic N) is 5. The van der Waals surface area contributed by atoms with Crippen molar-refractivity contribution in [3.05, 3.63) is 42.4 Å². The molecule has 0 atom stereocenters. The van der Waals surface area contributed by atoms with Gasteiger partial charge in [0.2, 0.25) is 0 Å². The zero-order valence-corrected chi connectivity index (χ0v) is 19.4. The molecule has 1 aliphatic heterocycles. The number of terminal acetylenes is 1. The Kier molecular flexibility index (Phi) is 8.12. The number of morpholine rings is 1. The second kappa shape index (κ2) is 11.8. The van der Waals surface area contributed by atoms with Gasteiger partial charge in [0.25, 0.3) is 5.91 Å². The molecule has 3 aromatic heterocycles. The fourth-order valence-corrected chi connectivity index (χ4v) is 3.86. The highest BCUT2D eigenvalue weighted by molar-refractivity contribution is 5.92. The first kappa shape index (κ1) is 24.0. The smallest absolute Gasteiger partial charge is 0.295 e. The third kappa shape index (κ3) is 6.27. The fourth-order valence-electron chi connectivity index (χ4n) is 3.86. The van der Waals surface area contributed by atoms with Crippen LogP contribution < -0.4 is 15.4 Å². The molecule has 180 valence electrons. The molecule has 4 rings (SSSR count). The average molecular weight is 474 g/mol. The second-order valence-electron chi connectivity index (χ2n) is 7.97. The highest BCUT2D eigenvalue weighted by atomic mass is 16.5. The molecule has 1 saturated heterocycles. The maximum Gasteiger partial charge on any atom is 0.295 e. The van der Waals surface area contributed by atoms with E-state index in [-0.39, 0.29) is 0 Å². The van der Waals surface area contributed by atoms with E-state index in [9.17, 15) is 10.1 Å². The Morgan fingerprint density at radius 3 is 2.86 bits per heavy atom. The van der Waals surface area contributed by atoms with Gasteiger partial charge in [0, 0.05) is 50.0 Å². The van der Waals surface area contributed by atoms with Gasteiger partial charge in [-0.2, -0.15) is 10.4 Å². The first-order valence-electron chi connectivity index (χ1n) is 11.5. The Labute approximate surface area is 203 Å². The van der Waals surface area contributed by atoms with Gasteiger partial charge in [-0.15, -0.1) is 6.42 Å². The van der Waals surface area contributed by atoms with Crippen molar-refractivity contribution in [2.24, 2.45) is 0 Å². The summed E-state index contributed by atoms with van der Waals surface area (Å²) in [6.45, 7) is 5.89. The van der Waals surface area contributed by atoms with Gasteiger partial charge in [-0.05, 0) is 30.5 Å². The van der Waals surface area contributed by atoms with Crippen molar-refractivity contribution >= 4 is 17.2 Å². The Balaban J connectivity index is 1.44. The maximum absolute atomic E-state index is 11.1. The Morgan fingerprint density at radius 1 is 1.26 bits per heavy atom. The van der Waals surface area contributed by atoms with E-state index in [2.05, 4.69) is 31.7 Å². The second-order valence-corrected chi connectivity index (χ2v) is 7.97. The van der Waals surface area contributed by atoms with Gasteiger partial charge in [0.05, 0.1) is 43.3 Å². The van der Waals surface area contributed by atoms with Crippen LogP contribution in [0.3, 0.4) is 0 Å². The first-order chi connectivity index (χ1) is 17.2. The molecule has 0 saturated carbocycles. The summed E-state index contributed by atoms with van der Waals surface area (Å²) in [4.78, 5) is 17.9. The number of amides is 1. The number of hydrogen-bond donors (Lipinski definition) is 2. The van der Waals surface area contributed by atoms with E-state index in [1.165, 1.54) is 0 Å². The molecule has 0 aromatic carbocycles. The molecule has 1 fully saturated rings. The molecule has 0 bridgehead atoms. The lowest BCUT2D eigenvalue weighted by Crippen LogP contribution is -2.37. The van der Waals surface area contributed by atoms with Gasteiger partial charge in [0.15, 0.2) is 0 Å². The number of pyridine rings is 2. The van der Waals surface area contributed by atoms with E-state index in [4.69, 9.17) is 15.9 Å². The van der Waals surface area contributed by atoms with Crippen LogP contribution in [-0.2, 0) is 9.53 Å². The summed E-state index contributed by atoms with van der Waals surface area (Å²) in [5, 5.41) is 19.6. The number of anilines is 1. The lowest BCUT2D eigenvalue weighted by Gasteiger charge is -2.26. The summed E-state index contributed by atoms with van der Waals surface area (Å²) in [6, 6.07) is 7.89. The molecule has 4 heterocycles. The molecule has 0 radical (unpaired) electrons. The molecule has 3 aromatic rings. The van der Waals surface area contributed by atoms with E-state index in [0.29, 0.717) is 42.3 Å². The number of ether oxygens (including phenoxy) is 2. The number of nitriles is 1. The van der Waals surface area contributed by atoms with Crippen LogP contribution in [0.5, 0.6) is 5.75 Å². The normalized spacial score (nSPS) is 13.7. The maximum atomic E-state index is 11.1. The minimum atomic E-state index is -0.448. The number of carbonyl (C=O) groups is 1. The summed E-state index contributed by atoms with van der Waals surface area (Å²) >= 11 is 0. The highest BCUT2D eigenvalue weighted by Crippen LogP contribution is 2.31. The summed E-state index contributed by atoms with van der Waals surface area (Å²) in [5.74, 6) is 2.89. The van der Waals surface area contributed by atoms with Crippen LogP contribution >= 0.6 is 0 Å². The van der Waals surface area contributed by atoms with Gasteiger partial charge in [-0.25, -0.2) is 9.50 Å². The highest BCUT2D eigenvalue weighted by Gasteiger charge is 2.14. The molecule has 0 spiro atoms. The summed E-state index contributed by atoms with van der Waals surface area (Å²) in [5.41, 5.74) is 2.82. The van der Waals surface area contributed by atoms with Crippen LogP contribution in [0.15, 0.2) is 36.8 Å². The van der Waals surface area contributed by atoms with Crippen molar-refractivity contribution in [1.82, 2.24) is 24.8 Å². The Morgan fingerprint density at radius 2 is 2.11 bits per heavy atom. The van der Waals surface area contributed by atoms with Crippen LogP contribution in [-0.4, -0.2) is 77.9 Å². The van der Waals surface area contributed by atoms with Crippen molar-refractivity contribution in [3.8, 4) is 35.3 Å². The van der Waals surface area contributed by atoms with Crippen molar-refractivity contribution in [1.29, 1.82) is 5.26 Å². The zero-order valence-electron chi connectivity index (χ0n) is 19.4. The molecule has 35 heavy (non-hydrogen) atoms. The van der Waals surface area contributed by atoms with Crippen LogP contribution in [0.1, 0.15) is 12.0 Å². The molecular formula is C25H27N7O3. The van der Waals surface area contributed by atoms with E-state index in [1.54, 1.807) is 23.1 Å². The standard InChI is InChI=1S/C25H27N7O3/c1-2-24(33)28-7-6-27-23-5-4-19(16-29-23)22-14-21(18-32-25(22)20(15-26)17-30-32)35-11-3-8-31-9-12-34-13-10-31/h1,4-5,14,16-18H,3,6-13H2,(H,27,29)(H,28,33). The number of carbonyl (C=O) groups excluding carboxylic acids is 1. The van der Waals surface area contributed by atoms with Gasteiger partial charge < -0.3 is 20.1 Å². The Hall–Kier alpha value is -4.12. The third-order valence-corrected chi connectivity index (χ3v) is 5.62. The van der Waals surface area contributed by atoms with Crippen molar-refractivity contribution < 1.29 is 14.3 Å². The number of rotatable bonds is 10. The summed E-state index contributed by atoms with van der Waals surface area (Å²) in [7, 11) is 0. The van der Waals surface area contributed by atoms with Crippen molar-refractivity contribution in [3.63, 3.8) is 0 Å². The van der Waals surface area contributed by atoms with Gasteiger partial charge in [-0.3, -0.25) is 9.69 Å². The first-order valence-corrected chi connectivity index (χ1v) is 11.5. The third-order valence-electron chi connectivity index (χ3n) is 5.62. The predicted molar refractivity (Wildman–Crippen MR) is 131 cm³/mol. The minimum Gasteiger partial charge on any atom is -0.492 e. The van der Waals surface area contributed by atoms with E-state index >= 15 is 0 Å². The fraction of sp³-hybridized carbons (Fsp3) is 0.360.